The summed E-state index contributed by atoms with van der Waals surface area (Å²) in [5, 5.41) is 0. The summed E-state index contributed by atoms with van der Waals surface area (Å²) in [6.45, 7) is -0.423. The molecular formula is C23H19NO5S. The van der Waals surface area contributed by atoms with Gasteiger partial charge in [-0.1, -0.05) is 42.1 Å². The van der Waals surface area contributed by atoms with Crippen molar-refractivity contribution in [1.29, 1.82) is 0 Å². The highest BCUT2D eigenvalue weighted by molar-refractivity contribution is 7.99. The molecule has 0 saturated heterocycles. The van der Waals surface area contributed by atoms with E-state index in [4.69, 9.17) is 14.2 Å². The lowest BCUT2D eigenvalue weighted by molar-refractivity contribution is -0.121. The van der Waals surface area contributed by atoms with Crippen molar-refractivity contribution in [2.75, 3.05) is 25.7 Å². The maximum Gasteiger partial charge on any atom is 0.346 e. The van der Waals surface area contributed by atoms with E-state index in [1.165, 1.54) is 14.2 Å². The molecule has 1 aliphatic heterocycles. The molecule has 3 aromatic carbocycles. The second-order valence-corrected chi connectivity index (χ2v) is 7.46. The number of carbonyl (C=O) groups is 2. The van der Waals surface area contributed by atoms with E-state index in [1.807, 2.05) is 48.5 Å². The Morgan fingerprint density at radius 3 is 1.87 bits per heavy atom. The van der Waals surface area contributed by atoms with Gasteiger partial charge in [0.2, 0.25) is 0 Å². The van der Waals surface area contributed by atoms with Crippen molar-refractivity contribution in [2.45, 2.75) is 9.79 Å². The number of fused-ring (bicyclic) bond motifs is 2. The van der Waals surface area contributed by atoms with Crippen molar-refractivity contribution < 1.29 is 23.8 Å². The van der Waals surface area contributed by atoms with E-state index in [0.29, 0.717) is 11.5 Å². The number of carbonyl (C=O) groups excluding carboxylic acids is 2. The van der Waals surface area contributed by atoms with Crippen LogP contribution in [0.2, 0.25) is 0 Å². The van der Waals surface area contributed by atoms with Gasteiger partial charge in [-0.15, -0.1) is 0 Å². The molecule has 0 atom stereocenters. The van der Waals surface area contributed by atoms with Gasteiger partial charge in [0.1, 0.15) is 17.1 Å². The Balaban J connectivity index is 1.60. The average molecular weight is 421 g/mol. The van der Waals surface area contributed by atoms with Crippen LogP contribution in [-0.2, 0) is 9.53 Å². The van der Waals surface area contributed by atoms with Crippen molar-refractivity contribution >= 4 is 35.0 Å². The second kappa shape index (κ2) is 8.51. The molecular weight excluding hydrogens is 402 g/mol. The summed E-state index contributed by atoms with van der Waals surface area (Å²) < 4.78 is 15.9. The normalized spacial score (nSPS) is 11.9. The molecule has 0 N–H and O–H groups in total. The van der Waals surface area contributed by atoms with Crippen LogP contribution in [0, 0.1) is 0 Å². The third-order valence-corrected chi connectivity index (χ3v) is 5.77. The molecule has 3 aromatic rings. The number of ether oxygens (including phenoxy) is 3. The number of amides is 1. The van der Waals surface area contributed by atoms with Crippen molar-refractivity contribution in [1.82, 2.24) is 0 Å². The van der Waals surface area contributed by atoms with Gasteiger partial charge in [0.25, 0.3) is 5.91 Å². The summed E-state index contributed by atoms with van der Waals surface area (Å²) in [6.07, 6.45) is 0. The SMILES string of the molecule is COc1cccc(OC)c1C(=O)OCC(=O)N1c2ccccc2Sc2ccccc21. The molecule has 0 unspecified atom stereocenters. The first-order valence-corrected chi connectivity index (χ1v) is 10.0. The van der Waals surface area contributed by atoms with Gasteiger partial charge < -0.3 is 14.2 Å². The maximum atomic E-state index is 13.1. The van der Waals surface area contributed by atoms with E-state index in [2.05, 4.69) is 0 Å². The highest BCUT2D eigenvalue weighted by atomic mass is 32.2. The minimum Gasteiger partial charge on any atom is -0.496 e. The predicted octanol–water partition coefficient (Wildman–Crippen LogP) is 4.69. The fraction of sp³-hybridized carbons (Fsp3) is 0.130. The molecule has 0 bridgehead atoms. The van der Waals surface area contributed by atoms with Crippen LogP contribution in [0.3, 0.4) is 0 Å². The smallest absolute Gasteiger partial charge is 0.346 e. The molecule has 4 rings (SSSR count). The lowest BCUT2D eigenvalue weighted by Gasteiger charge is -2.30. The monoisotopic (exact) mass is 421 g/mol. The van der Waals surface area contributed by atoms with Gasteiger partial charge in [-0.25, -0.2) is 4.79 Å². The van der Waals surface area contributed by atoms with Gasteiger partial charge >= 0.3 is 5.97 Å². The molecule has 0 aromatic heterocycles. The average Bonchev–Trinajstić information content (AvgIpc) is 2.80. The van der Waals surface area contributed by atoms with Crippen LogP contribution in [0.25, 0.3) is 0 Å². The van der Waals surface area contributed by atoms with Gasteiger partial charge in [-0.05, 0) is 36.4 Å². The quantitative estimate of drug-likeness (QED) is 0.557. The molecule has 1 aliphatic rings. The second-order valence-electron chi connectivity index (χ2n) is 6.38. The molecule has 152 valence electrons. The van der Waals surface area contributed by atoms with Crippen molar-refractivity contribution in [3.63, 3.8) is 0 Å². The number of anilines is 2. The summed E-state index contributed by atoms with van der Waals surface area (Å²) >= 11 is 1.60. The zero-order valence-electron chi connectivity index (χ0n) is 16.5. The van der Waals surface area contributed by atoms with Crippen LogP contribution in [0.4, 0.5) is 11.4 Å². The zero-order chi connectivity index (χ0) is 21.1. The van der Waals surface area contributed by atoms with Crippen LogP contribution in [-0.4, -0.2) is 32.7 Å². The molecule has 6 nitrogen and oxygen atoms in total. The standard InChI is InChI=1S/C23H19NO5S/c1-27-17-10-7-11-18(28-2)22(17)23(26)29-14-21(25)24-15-8-3-5-12-19(15)30-20-13-6-4-9-16(20)24/h3-13H,14H2,1-2H3. The first-order chi connectivity index (χ1) is 14.6. The van der Waals surface area contributed by atoms with Crippen molar-refractivity contribution in [2.24, 2.45) is 0 Å². The van der Waals surface area contributed by atoms with Gasteiger partial charge in [0.15, 0.2) is 6.61 Å². The summed E-state index contributed by atoms with van der Waals surface area (Å²) in [7, 11) is 2.91. The van der Waals surface area contributed by atoms with E-state index in [-0.39, 0.29) is 11.5 Å². The predicted molar refractivity (Wildman–Crippen MR) is 114 cm³/mol. The van der Waals surface area contributed by atoms with Crippen LogP contribution < -0.4 is 14.4 Å². The molecule has 1 amide bonds. The maximum absolute atomic E-state index is 13.1. The van der Waals surface area contributed by atoms with Crippen molar-refractivity contribution in [3.8, 4) is 11.5 Å². The van der Waals surface area contributed by atoms with Crippen LogP contribution >= 0.6 is 11.8 Å². The fourth-order valence-electron chi connectivity index (χ4n) is 3.29. The molecule has 30 heavy (non-hydrogen) atoms. The Hall–Kier alpha value is -3.45. The molecule has 7 heteroatoms. The van der Waals surface area contributed by atoms with Crippen molar-refractivity contribution in [3.05, 3.63) is 72.3 Å². The fourth-order valence-corrected chi connectivity index (χ4v) is 4.35. The minimum atomic E-state index is -0.689. The van der Waals surface area contributed by atoms with E-state index >= 15 is 0 Å². The lowest BCUT2D eigenvalue weighted by atomic mass is 10.2. The van der Waals surface area contributed by atoms with Gasteiger partial charge in [0, 0.05) is 9.79 Å². The molecule has 0 saturated carbocycles. The van der Waals surface area contributed by atoms with Crippen LogP contribution in [0.5, 0.6) is 11.5 Å². The zero-order valence-corrected chi connectivity index (χ0v) is 17.3. The molecule has 0 spiro atoms. The molecule has 0 aliphatic carbocycles. The minimum absolute atomic E-state index is 0.144. The van der Waals surface area contributed by atoms with E-state index < -0.39 is 12.6 Å². The Morgan fingerprint density at radius 1 is 0.800 bits per heavy atom. The highest BCUT2D eigenvalue weighted by Gasteiger charge is 2.29. The topological polar surface area (TPSA) is 65.1 Å². The largest absolute Gasteiger partial charge is 0.496 e. The van der Waals surface area contributed by atoms with Gasteiger partial charge in [0.05, 0.1) is 25.6 Å². The summed E-state index contributed by atoms with van der Waals surface area (Å²) in [6, 6.07) is 20.3. The molecule has 1 heterocycles. The van der Waals surface area contributed by atoms with Gasteiger partial charge in [-0.3, -0.25) is 9.69 Å². The van der Waals surface area contributed by atoms with Crippen LogP contribution in [0.15, 0.2) is 76.5 Å². The third-order valence-electron chi connectivity index (χ3n) is 4.64. The Labute approximate surface area is 178 Å². The Kier molecular flexibility index (Phi) is 5.63. The number of hydrogen-bond donors (Lipinski definition) is 0. The third kappa shape index (κ3) is 3.59. The number of methoxy groups -OCH3 is 2. The van der Waals surface area contributed by atoms with Crippen LogP contribution in [0.1, 0.15) is 10.4 Å². The Morgan fingerprint density at radius 2 is 1.33 bits per heavy atom. The van der Waals surface area contributed by atoms with E-state index in [1.54, 1.807) is 34.9 Å². The first-order valence-electron chi connectivity index (χ1n) is 9.21. The van der Waals surface area contributed by atoms with E-state index in [9.17, 15) is 9.59 Å². The number of rotatable bonds is 5. The Bertz CT molecular complexity index is 1050. The lowest BCUT2D eigenvalue weighted by Crippen LogP contribution is -2.32. The number of hydrogen-bond acceptors (Lipinski definition) is 6. The summed E-state index contributed by atoms with van der Waals surface area (Å²) in [4.78, 5) is 29.4. The summed E-state index contributed by atoms with van der Waals surface area (Å²) in [5.74, 6) is -0.406. The summed E-state index contributed by atoms with van der Waals surface area (Å²) in [5.41, 5.74) is 1.67. The highest BCUT2D eigenvalue weighted by Crippen LogP contribution is 2.47. The van der Waals surface area contributed by atoms with Gasteiger partial charge in [-0.2, -0.15) is 0 Å². The number of nitrogens with zero attached hydrogens (tertiary/aromatic N) is 1. The molecule has 0 radical (unpaired) electrons. The number of esters is 1. The van der Waals surface area contributed by atoms with E-state index in [0.717, 1.165) is 21.2 Å². The molecule has 0 fully saturated rings. The number of para-hydroxylation sites is 2. The first kappa shape index (κ1) is 19.8. The number of benzene rings is 3.